The summed E-state index contributed by atoms with van der Waals surface area (Å²) >= 11 is 1.16. The molecule has 0 aliphatic rings. The van der Waals surface area contributed by atoms with Crippen molar-refractivity contribution in [3.8, 4) is 39.7 Å². The highest BCUT2D eigenvalue weighted by Gasteiger charge is 2.20. The normalized spacial score (nSPS) is 11.6. The third-order valence-corrected chi connectivity index (χ3v) is 6.99. The molecule has 202 valence electrons. The first kappa shape index (κ1) is 26.7. The fourth-order valence-corrected chi connectivity index (χ4v) is 4.64. The van der Waals surface area contributed by atoms with Crippen molar-refractivity contribution < 1.29 is 14.3 Å². The predicted octanol–water partition coefficient (Wildman–Crippen LogP) is 4.82. The fraction of sp³-hybridized carbons (Fsp3) is 0.138. The molecule has 0 radical (unpaired) electrons. The third kappa shape index (κ3) is 5.89. The lowest BCUT2D eigenvalue weighted by Crippen LogP contribution is -2.23. The molecule has 0 saturated carbocycles. The molecule has 0 spiro atoms. The van der Waals surface area contributed by atoms with Crippen LogP contribution in [0.4, 0.5) is 5.82 Å². The molecule has 1 unspecified atom stereocenters. The van der Waals surface area contributed by atoms with Crippen LogP contribution in [-0.2, 0) is 4.79 Å². The maximum Gasteiger partial charge on any atom is 0.273 e. The Bertz CT molecular complexity index is 1670. The number of para-hydroxylation sites is 1. The Hall–Kier alpha value is -4.90. The van der Waals surface area contributed by atoms with Crippen LogP contribution in [0, 0.1) is 0 Å². The number of aromatic amines is 1. The van der Waals surface area contributed by atoms with Gasteiger partial charge in [0.15, 0.2) is 0 Å². The maximum absolute atomic E-state index is 13.0. The van der Waals surface area contributed by atoms with Gasteiger partial charge >= 0.3 is 0 Å². The van der Waals surface area contributed by atoms with Crippen molar-refractivity contribution in [1.82, 2.24) is 25.0 Å². The molecule has 0 aliphatic heterocycles. The van der Waals surface area contributed by atoms with Gasteiger partial charge < -0.3 is 14.8 Å². The lowest BCUT2D eigenvalue weighted by molar-refractivity contribution is -0.115. The van der Waals surface area contributed by atoms with E-state index in [1.54, 1.807) is 33.3 Å². The van der Waals surface area contributed by atoms with Crippen LogP contribution in [0.15, 0.2) is 94.9 Å². The van der Waals surface area contributed by atoms with Crippen LogP contribution in [0.3, 0.4) is 0 Å². The lowest BCUT2D eigenvalue weighted by atomic mass is 10.0. The number of H-pyrrole nitrogens is 1. The molecule has 3 aromatic carbocycles. The second-order valence-corrected chi connectivity index (χ2v) is 9.98. The van der Waals surface area contributed by atoms with Crippen molar-refractivity contribution >= 4 is 23.5 Å². The minimum Gasteiger partial charge on any atom is -0.497 e. The molecular weight excluding hydrogens is 528 g/mol. The van der Waals surface area contributed by atoms with Crippen LogP contribution in [0.25, 0.3) is 28.2 Å². The number of amides is 1. The van der Waals surface area contributed by atoms with Crippen molar-refractivity contribution in [3.63, 3.8) is 0 Å². The number of rotatable bonds is 9. The largest absolute Gasteiger partial charge is 0.497 e. The van der Waals surface area contributed by atoms with E-state index >= 15 is 0 Å². The summed E-state index contributed by atoms with van der Waals surface area (Å²) in [5, 5.41) is 14.2. The van der Waals surface area contributed by atoms with Gasteiger partial charge in [-0.15, -0.1) is 10.2 Å². The standard InChI is InChI=1S/C29H26N6O4S/c1-18(28(37)30-24-17-25(36)35(34-24)21-7-5-4-6-8-21)40-29-31-26(19-9-13-22(38-2)14-10-19)27(32-33-29)20-11-15-23(39-3)16-12-20/h4-18,34H,1-3H3,(H,30,37). The summed E-state index contributed by atoms with van der Waals surface area (Å²) in [4.78, 5) is 30.2. The highest BCUT2D eigenvalue weighted by molar-refractivity contribution is 8.00. The first-order chi connectivity index (χ1) is 19.4. The van der Waals surface area contributed by atoms with Crippen molar-refractivity contribution in [3.05, 3.63) is 95.3 Å². The van der Waals surface area contributed by atoms with E-state index < -0.39 is 5.25 Å². The Morgan fingerprint density at radius 3 is 2.08 bits per heavy atom. The van der Waals surface area contributed by atoms with Crippen LogP contribution in [0.5, 0.6) is 11.5 Å². The topological polar surface area (TPSA) is 124 Å². The van der Waals surface area contributed by atoms with Gasteiger partial charge in [-0.25, -0.2) is 9.67 Å². The van der Waals surface area contributed by atoms with Gasteiger partial charge in [0, 0.05) is 17.2 Å². The summed E-state index contributed by atoms with van der Waals surface area (Å²) in [7, 11) is 3.22. The number of hydrogen-bond acceptors (Lipinski definition) is 8. The SMILES string of the molecule is COc1ccc(-c2nnc(SC(C)C(=O)Nc3cc(=O)n(-c4ccccc4)[nH]3)nc2-c2ccc(OC)cc2)cc1. The summed E-state index contributed by atoms with van der Waals surface area (Å²) < 4.78 is 11.9. The van der Waals surface area contributed by atoms with E-state index in [1.165, 1.54) is 10.7 Å². The highest BCUT2D eigenvalue weighted by Crippen LogP contribution is 2.32. The van der Waals surface area contributed by atoms with Gasteiger partial charge in [0.1, 0.15) is 28.7 Å². The zero-order valence-corrected chi connectivity index (χ0v) is 22.8. The van der Waals surface area contributed by atoms with Gasteiger partial charge in [0.05, 0.1) is 25.2 Å². The molecule has 2 heterocycles. The molecule has 2 N–H and O–H groups in total. The third-order valence-electron chi connectivity index (χ3n) is 6.04. The van der Waals surface area contributed by atoms with Gasteiger partial charge in [-0.05, 0) is 67.6 Å². The number of benzene rings is 3. The van der Waals surface area contributed by atoms with Crippen LogP contribution in [0.2, 0.25) is 0 Å². The van der Waals surface area contributed by atoms with Gasteiger partial charge in [-0.3, -0.25) is 14.7 Å². The number of carbonyl (C=O) groups is 1. The number of anilines is 1. The molecule has 0 fully saturated rings. The summed E-state index contributed by atoms with van der Waals surface area (Å²) in [6, 6.07) is 25.4. The number of nitrogens with one attached hydrogen (secondary N) is 2. The maximum atomic E-state index is 13.0. The Balaban J connectivity index is 1.38. The molecule has 1 atom stereocenters. The monoisotopic (exact) mass is 554 g/mol. The van der Waals surface area contributed by atoms with Crippen LogP contribution in [0.1, 0.15) is 6.92 Å². The highest BCUT2D eigenvalue weighted by atomic mass is 32.2. The van der Waals surface area contributed by atoms with E-state index in [0.717, 1.165) is 34.4 Å². The molecule has 40 heavy (non-hydrogen) atoms. The summed E-state index contributed by atoms with van der Waals surface area (Å²) in [5.41, 5.74) is 3.22. The summed E-state index contributed by atoms with van der Waals surface area (Å²) in [5.74, 6) is 1.42. The summed E-state index contributed by atoms with van der Waals surface area (Å²) in [6.07, 6.45) is 0. The summed E-state index contributed by atoms with van der Waals surface area (Å²) in [6.45, 7) is 1.74. The number of thioether (sulfide) groups is 1. The quantitative estimate of drug-likeness (QED) is 0.249. The average molecular weight is 555 g/mol. The van der Waals surface area contributed by atoms with Gasteiger partial charge in [0.2, 0.25) is 11.1 Å². The van der Waals surface area contributed by atoms with Crippen LogP contribution < -0.4 is 20.3 Å². The molecule has 0 saturated heterocycles. The number of methoxy groups -OCH3 is 2. The van der Waals surface area contributed by atoms with Crippen molar-refractivity contribution in [2.75, 3.05) is 19.5 Å². The Kier molecular flexibility index (Phi) is 7.92. The zero-order chi connectivity index (χ0) is 28.1. The average Bonchev–Trinajstić information content (AvgIpc) is 3.37. The second kappa shape index (κ2) is 11.9. The fourth-order valence-electron chi connectivity index (χ4n) is 3.93. The number of carbonyl (C=O) groups excluding carboxylic acids is 1. The van der Waals surface area contributed by atoms with Gasteiger partial charge in [-0.2, -0.15) is 0 Å². The van der Waals surface area contributed by atoms with Crippen LogP contribution >= 0.6 is 11.8 Å². The minimum absolute atomic E-state index is 0.285. The molecule has 11 heteroatoms. The molecule has 0 aliphatic carbocycles. The molecule has 10 nitrogen and oxygen atoms in total. The van der Waals surface area contributed by atoms with Crippen molar-refractivity contribution in [2.24, 2.45) is 0 Å². The molecular formula is C29H26N6O4S. The minimum atomic E-state index is -0.582. The number of hydrogen-bond donors (Lipinski definition) is 2. The Morgan fingerprint density at radius 2 is 1.48 bits per heavy atom. The van der Waals surface area contributed by atoms with Gasteiger partial charge in [0.25, 0.3) is 5.56 Å². The van der Waals surface area contributed by atoms with Crippen LogP contribution in [-0.4, -0.2) is 50.3 Å². The van der Waals surface area contributed by atoms with Gasteiger partial charge in [-0.1, -0.05) is 30.0 Å². The Labute approximate surface area is 234 Å². The first-order valence-corrected chi connectivity index (χ1v) is 13.2. The van der Waals surface area contributed by atoms with E-state index in [-0.39, 0.29) is 11.5 Å². The number of nitrogens with zero attached hydrogens (tertiary/aromatic N) is 4. The molecule has 1 amide bonds. The van der Waals surface area contributed by atoms with E-state index in [2.05, 4.69) is 20.6 Å². The van der Waals surface area contributed by atoms with E-state index in [4.69, 9.17) is 14.5 Å². The Morgan fingerprint density at radius 1 is 0.875 bits per heavy atom. The lowest BCUT2D eigenvalue weighted by Gasteiger charge is -2.13. The van der Waals surface area contributed by atoms with Crippen molar-refractivity contribution in [2.45, 2.75) is 17.3 Å². The molecule has 5 rings (SSSR count). The second-order valence-electron chi connectivity index (χ2n) is 8.68. The van der Waals surface area contributed by atoms with Crippen molar-refractivity contribution in [1.29, 1.82) is 0 Å². The smallest absolute Gasteiger partial charge is 0.273 e. The number of aromatic nitrogens is 5. The van der Waals surface area contributed by atoms with E-state index in [9.17, 15) is 9.59 Å². The number of ether oxygens (including phenoxy) is 2. The van der Waals surface area contributed by atoms with E-state index in [1.807, 2.05) is 66.7 Å². The molecule has 0 bridgehead atoms. The predicted molar refractivity (Wildman–Crippen MR) is 154 cm³/mol. The zero-order valence-electron chi connectivity index (χ0n) is 22.0. The van der Waals surface area contributed by atoms with E-state index in [0.29, 0.717) is 28.0 Å². The molecule has 2 aromatic heterocycles. The first-order valence-electron chi connectivity index (χ1n) is 12.3. The molecule has 5 aromatic rings.